The lowest BCUT2D eigenvalue weighted by atomic mass is 9.96. The van der Waals surface area contributed by atoms with E-state index in [1.807, 2.05) is 4.83 Å². The molecule has 0 bridgehead atoms. The number of aryl methyl sites for hydroxylation is 1. The van der Waals surface area contributed by atoms with Crippen LogP contribution in [0.15, 0.2) is 29.2 Å². The van der Waals surface area contributed by atoms with Crippen molar-refractivity contribution >= 4 is 10.0 Å². The third-order valence-electron chi connectivity index (χ3n) is 5.67. The molecule has 1 aromatic rings. The highest BCUT2D eigenvalue weighted by molar-refractivity contribution is 7.89. The maximum Gasteiger partial charge on any atom is 0.253 e. The van der Waals surface area contributed by atoms with Gasteiger partial charge in [-0.3, -0.25) is 0 Å². The van der Waals surface area contributed by atoms with E-state index in [-0.39, 0.29) is 4.90 Å². The first-order valence-corrected chi connectivity index (χ1v) is 11.9. The smallest absolute Gasteiger partial charge is 0.253 e. The Morgan fingerprint density at radius 3 is 2.06 bits per heavy atom. The summed E-state index contributed by atoms with van der Waals surface area (Å²) < 4.78 is 41.0. The lowest BCUT2D eigenvalue weighted by Gasteiger charge is -2.46. The van der Waals surface area contributed by atoms with Crippen molar-refractivity contribution in [2.75, 3.05) is 13.2 Å². The molecule has 2 aliphatic heterocycles. The molecule has 2 aliphatic rings. The maximum atomic E-state index is 12.4. The van der Waals surface area contributed by atoms with Crippen molar-refractivity contribution in [1.82, 2.24) is 10.3 Å². The van der Waals surface area contributed by atoms with Crippen LogP contribution in [-0.2, 0) is 24.2 Å². The van der Waals surface area contributed by atoms with E-state index >= 15 is 0 Å². The van der Waals surface area contributed by atoms with Gasteiger partial charge in [0.05, 0.1) is 18.1 Å². The summed E-state index contributed by atoms with van der Waals surface area (Å²) in [5.74, 6) is 0. The van der Waals surface area contributed by atoms with Crippen molar-refractivity contribution in [2.24, 2.45) is 0 Å². The van der Waals surface area contributed by atoms with E-state index in [0.717, 1.165) is 5.56 Å². The molecule has 0 aromatic heterocycles. The molecule has 3 rings (SSSR count). The highest BCUT2D eigenvalue weighted by Crippen LogP contribution is 2.28. The number of hydrogen-bond donors (Lipinski definition) is 9. The zero-order valence-corrected chi connectivity index (χ0v) is 18.9. The Morgan fingerprint density at radius 1 is 0.853 bits per heavy atom. The third kappa shape index (κ3) is 5.73. The molecule has 14 nitrogen and oxygen atoms in total. The van der Waals surface area contributed by atoms with E-state index in [1.54, 1.807) is 19.1 Å². The van der Waals surface area contributed by atoms with Crippen LogP contribution in [0.3, 0.4) is 0 Å². The largest absolute Gasteiger partial charge is 0.394 e. The van der Waals surface area contributed by atoms with Gasteiger partial charge >= 0.3 is 0 Å². The lowest BCUT2D eigenvalue weighted by molar-refractivity contribution is -0.343. The maximum absolute atomic E-state index is 12.4. The van der Waals surface area contributed by atoms with Crippen molar-refractivity contribution in [3.8, 4) is 0 Å². The Hall–Kier alpha value is -1.31. The minimum absolute atomic E-state index is 0.0704. The fraction of sp³-hybridized carbons (Fsp3) is 0.684. The fourth-order valence-corrected chi connectivity index (χ4v) is 4.50. The highest BCUT2D eigenvalue weighted by Gasteiger charge is 2.50. The molecule has 194 valence electrons. The molecular formula is C19H30N2O12S. The molecule has 0 spiro atoms. The van der Waals surface area contributed by atoms with E-state index in [9.17, 15) is 44.2 Å². The minimum atomic E-state index is -4.06. The van der Waals surface area contributed by atoms with E-state index in [2.05, 4.69) is 5.43 Å². The average Bonchev–Trinajstić information content (AvgIpc) is 2.81. The molecule has 2 saturated heterocycles. The van der Waals surface area contributed by atoms with Gasteiger partial charge in [-0.2, -0.15) is 0 Å². The van der Waals surface area contributed by atoms with Gasteiger partial charge in [-0.1, -0.05) is 17.7 Å². The zero-order valence-electron chi connectivity index (χ0n) is 18.1. The first kappa shape index (κ1) is 27.3. The second kappa shape index (κ2) is 11.2. The molecule has 0 radical (unpaired) electrons. The van der Waals surface area contributed by atoms with Gasteiger partial charge in [0.1, 0.15) is 48.8 Å². The number of hydrazine groups is 1. The Morgan fingerprint density at radius 2 is 1.47 bits per heavy atom. The number of aliphatic hydroxyl groups is 7. The Labute approximate surface area is 195 Å². The van der Waals surface area contributed by atoms with Crippen molar-refractivity contribution in [1.29, 1.82) is 0 Å². The minimum Gasteiger partial charge on any atom is -0.394 e. The molecule has 15 heteroatoms. The van der Waals surface area contributed by atoms with Gasteiger partial charge in [0.25, 0.3) is 10.0 Å². The Kier molecular flexibility index (Phi) is 8.96. The second-order valence-electron chi connectivity index (χ2n) is 8.12. The summed E-state index contributed by atoms with van der Waals surface area (Å²) >= 11 is 0. The predicted octanol–water partition coefficient (Wildman–Crippen LogP) is -4.60. The fourth-order valence-electron chi connectivity index (χ4n) is 3.62. The van der Waals surface area contributed by atoms with Crippen LogP contribution in [0.2, 0.25) is 0 Å². The summed E-state index contributed by atoms with van der Waals surface area (Å²) in [4.78, 5) is 1.97. The van der Waals surface area contributed by atoms with Crippen LogP contribution in [-0.4, -0.2) is 119 Å². The van der Waals surface area contributed by atoms with Crippen molar-refractivity contribution < 1.29 is 58.4 Å². The molecule has 0 unspecified atom stereocenters. The van der Waals surface area contributed by atoms with E-state index < -0.39 is 84.6 Å². The van der Waals surface area contributed by atoms with E-state index in [1.165, 1.54) is 12.1 Å². The topological polar surface area (TPSA) is 227 Å². The van der Waals surface area contributed by atoms with Crippen molar-refractivity contribution in [2.45, 2.75) is 73.2 Å². The van der Waals surface area contributed by atoms with Gasteiger partial charge in [0, 0.05) is 0 Å². The molecule has 9 N–H and O–H groups in total. The number of aliphatic hydroxyl groups excluding tert-OH is 7. The summed E-state index contributed by atoms with van der Waals surface area (Å²) in [5.41, 5.74) is 3.10. The van der Waals surface area contributed by atoms with Crippen LogP contribution in [0.4, 0.5) is 0 Å². The van der Waals surface area contributed by atoms with Gasteiger partial charge in [-0.15, -0.1) is 4.83 Å². The summed E-state index contributed by atoms with van der Waals surface area (Å²) in [6.07, 6.45) is -16.0. The summed E-state index contributed by atoms with van der Waals surface area (Å²) in [6.45, 7) is 0.315. The predicted molar refractivity (Wildman–Crippen MR) is 111 cm³/mol. The molecule has 2 heterocycles. The van der Waals surface area contributed by atoms with Crippen molar-refractivity contribution in [3.05, 3.63) is 29.8 Å². The number of ether oxygens (including phenoxy) is 3. The second-order valence-corrected chi connectivity index (χ2v) is 9.80. The van der Waals surface area contributed by atoms with E-state index in [0.29, 0.717) is 0 Å². The molecule has 0 saturated carbocycles. The number of nitrogens with one attached hydrogen (secondary N) is 2. The first-order valence-electron chi connectivity index (χ1n) is 10.4. The third-order valence-corrected chi connectivity index (χ3v) is 6.95. The monoisotopic (exact) mass is 510 g/mol. The number of rotatable bonds is 8. The molecule has 34 heavy (non-hydrogen) atoms. The molecule has 1 aromatic carbocycles. The van der Waals surface area contributed by atoms with Gasteiger partial charge in [-0.25, -0.2) is 13.8 Å². The standard InChI is InChI=1S/C19H30N2O12S/c1-8-2-4-9(5-3-8)34(29,30)21-20-18-15(27)14(26)17(11(7-23)31-18)33-19-16(28)13(25)12(24)10(6-22)32-19/h2-5,10-28H,6-7H2,1H3/t10-,11-,12+,13+,14-,15-,16-,17-,18-,19+/m1/s1. The van der Waals surface area contributed by atoms with Gasteiger partial charge in [0.15, 0.2) is 12.5 Å². The van der Waals surface area contributed by atoms with Crippen LogP contribution in [0.5, 0.6) is 0 Å². The molecule has 10 atom stereocenters. The van der Waals surface area contributed by atoms with Crippen LogP contribution in [0.25, 0.3) is 0 Å². The molecule has 0 aliphatic carbocycles. The van der Waals surface area contributed by atoms with Gasteiger partial charge < -0.3 is 50.0 Å². The number of benzene rings is 1. The van der Waals surface area contributed by atoms with Crippen LogP contribution in [0, 0.1) is 6.92 Å². The quantitative estimate of drug-likeness (QED) is 0.150. The molecule has 2 fully saturated rings. The van der Waals surface area contributed by atoms with Crippen LogP contribution in [0.1, 0.15) is 5.56 Å². The van der Waals surface area contributed by atoms with E-state index in [4.69, 9.17) is 14.2 Å². The average molecular weight is 511 g/mol. The highest BCUT2D eigenvalue weighted by atomic mass is 32.2. The number of sulfonamides is 1. The molecule has 0 amide bonds. The summed E-state index contributed by atoms with van der Waals surface area (Å²) in [7, 11) is -4.06. The van der Waals surface area contributed by atoms with Crippen LogP contribution < -0.4 is 10.3 Å². The zero-order chi connectivity index (χ0) is 25.2. The molecular weight excluding hydrogens is 480 g/mol. The Bertz CT molecular complexity index is 899. The lowest BCUT2D eigenvalue weighted by Crippen LogP contribution is -2.67. The SMILES string of the molecule is Cc1ccc(S(=O)(=O)NN[C@@H]2O[C@H](CO)[C@@H](O[C@@H]3O[C@H](CO)[C@H](O)[C@H](O)[C@H]3O)[C@H](O)[C@H]2O)cc1. The van der Waals surface area contributed by atoms with Gasteiger partial charge in [-0.05, 0) is 19.1 Å². The summed E-state index contributed by atoms with van der Waals surface area (Å²) in [5, 5.41) is 69.9. The van der Waals surface area contributed by atoms with Crippen LogP contribution >= 0.6 is 0 Å². The normalized spacial score (nSPS) is 39.2. The van der Waals surface area contributed by atoms with Crippen molar-refractivity contribution in [3.63, 3.8) is 0 Å². The Balaban J connectivity index is 1.67. The number of hydrogen-bond acceptors (Lipinski definition) is 13. The first-order chi connectivity index (χ1) is 16.0. The summed E-state index contributed by atoms with van der Waals surface area (Å²) in [6, 6.07) is 5.92. The van der Waals surface area contributed by atoms with Gasteiger partial charge in [0.2, 0.25) is 0 Å².